The predicted octanol–water partition coefficient (Wildman–Crippen LogP) is 4.59. The highest BCUT2D eigenvalue weighted by Gasteiger charge is 2.28. The van der Waals surface area contributed by atoms with Gasteiger partial charge in [0.25, 0.3) is 0 Å². The van der Waals surface area contributed by atoms with E-state index < -0.39 is 4.92 Å². The van der Waals surface area contributed by atoms with E-state index in [0.29, 0.717) is 19.8 Å². The van der Waals surface area contributed by atoms with E-state index in [9.17, 15) is 10.1 Å². The molecule has 5 rings (SSSR count). The summed E-state index contributed by atoms with van der Waals surface area (Å²) in [5.41, 5.74) is 3.35. The predicted molar refractivity (Wildman–Crippen MR) is 112 cm³/mol. The van der Waals surface area contributed by atoms with Crippen molar-refractivity contribution in [3.63, 3.8) is 0 Å². The van der Waals surface area contributed by atoms with Crippen LogP contribution >= 0.6 is 0 Å². The molecule has 1 aromatic heterocycles. The van der Waals surface area contributed by atoms with E-state index in [4.69, 9.17) is 9.47 Å². The van der Waals surface area contributed by atoms with Gasteiger partial charge in [0.2, 0.25) is 0 Å². The summed E-state index contributed by atoms with van der Waals surface area (Å²) in [6, 6.07) is 23.3. The molecule has 0 saturated heterocycles. The van der Waals surface area contributed by atoms with Crippen LogP contribution in [0.3, 0.4) is 0 Å². The molecule has 4 aromatic rings. The summed E-state index contributed by atoms with van der Waals surface area (Å²) in [5.74, 6) is -0.214. The number of hydrogen-bond donors (Lipinski definition) is 0. The molecule has 1 aliphatic rings. The van der Waals surface area contributed by atoms with Crippen LogP contribution in [0, 0.1) is 10.1 Å². The van der Waals surface area contributed by atoms with Crippen LogP contribution in [-0.4, -0.2) is 27.2 Å². The highest BCUT2D eigenvalue weighted by Crippen LogP contribution is 2.26. The Bertz CT molecular complexity index is 1230. The van der Waals surface area contributed by atoms with Crippen molar-refractivity contribution < 1.29 is 14.4 Å². The van der Waals surface area contributed by atoms with Crippen molar-refractivity contribution in [1.82, 2.24) is 9.55 Å². The summed E-state index contributed by atoms with van der Waals surface area (Å²) in [4.78, 5) is 14.2. The molecule has 0 N–H and O–H groups in total. The first-order chi connectivity index (χ1) is 14.7. The summed E-state index contributed by atoms with van der Waals surface area (Å²) in [5, 5.41) is 13.3. The Morgan fingerprint density at radius 2 is 1.90 bits per heavy atom. The van der Waals surface area contributed by atoms with Gasteiger partial charge in [0, 0.05) is 4.98 Å². The van der Waals surface area contributed by atoms with Gasteiger partial charge in [-0.3, -0.25) is 4.57 Å². The zero-order valence-electron chi connectivity index (χ0n) is 16.1. The van der Waals surface area contributed by atoms with Crippen LogP contribution in [0.25, 0.3) is 21.9 Å². The molecule has 2 heterocycles. The summed E-state index contributed by atoms with van der Waals surface area (Å²) in [6.07, 6.45) is 1.18. The quantitative estimate of drug-likeness (QED) is 0.361. The maximum atomic E-state index is 10.9. The lowest BCUT2D eigenvalue weighted by Crippen LogP contribution is -2.32. The lowest BCUT2D eigenvalue weighted by atomic mass is 10.00. The van der Waals surface area contributed by atoms with Crippen LogP contribution in [-0.2, 0) is 17.9 Å². The Balaban J connectivity index is 1.28. The van der Waals surface area contributed by atoms with E-state index >= 15 is 0 Å². The van der Waals surface area contributed by atoms with Crippen molar-refractivity contribution in [2.75, 3.05) is 6.61 Å². The number of aromatic nitrogens is 2. The van der Waals surface area contributed by atoms with Crippen LogP contribution in [0.2, 0.25) is 0 Å². The molecule has 0 unspecified atom stereocenters. The monoisotopic (exact) mass is 401 g/mol. The summed E-state index contributed by atoms with van der Waals surface area (Å²) in [7, 11) is 0. The fraction of sp³-hybridized carbons (Fsp3) is 0.174. The fourth-order valence-electron chi connectivity index (χ4n) is 3.68. The smallest absolute Gasteiger partial charge is 0.414 e. The maximum absolute atomic E-state index is 10.9. The zero-order valence-corrected chi connectivity index (χ0v) is 16.1. The minimum absolute atomic E-state index is 0.198. The third kappa shape index (κ3) is 3.62. The Morgan fingerprint density at radius 3 is 2.77 bits per heavy atom. The zero-order chi connectivity index (χ0) is 20.5. The lowest BCUT2D eigenvalue weighted by molar-refractivity contribution is -0.389. The van der Waals surface area contributed by atoms with Gasteiger partial charge in [-0.15, -0.1) is 0 Å². The van der Waals surface area contributed by atoms with E-state index in [1.807, 2.05) is 24.3 Å². The van der Waals surface area contributed by atoms with E-state index in [-0.39, 0.29) is 17.9 Å². The molecule has 0 bridgehead atoms. The first-order valence-corrected chi connectivity index (χ1v) is 9.70. The molecular weight excluding hydrogens is 382 g/mol. The van der Waals surface area contributed by atoms with Crippen LogP contribution in [0.5, 0.6) is 6.01 Å². The molecule has 0 radical (unpaired) electrons. The number of rotatable bonds is 5. The molecule has 0 saturated carbocycles. The third-order valence-electron chi connectivity index (χ3n) is 5.21. The van der Waals surface area contributed by atoms with Gasteiger partial charge in [0.15, 0.2) is 0 Å². The van der Waals surface area contributed by atoms with E-state index in [1.165, 1.54) is 17.0 Å². The molecule has 0 fully saturated rings. The second kappa shape index (κ2) is 7.61. The second-order valence-electron chi connectivity index (χ2n) is 7.30. The summed E-state index contributed by atoms with van der Waals surface area (Å²) >= 11 is 0. The number of ether oxygens (including phenoxy) is 2. The lowest BCUT2D eigenvalue weighted by Gasteiger charge is -2.22. The summed E-state index contributed by atoms with van der Waals surface area (Å²) in [6.45, 7) is 1.22. The van der Waals surface area contributed by atoms with Gasteiger partial charge < -0.3 is 19.6 Å². The maximum Gasteiger partial charge on any atom is 0.414 e. The standard InChI is InChI=1S/C23H19N3O4/c27-26(28)22-13-25-12-21(15-30-23(25)24-22)29-14-16-4-3-7-18(10-16)20-9-8-17-5-1-2-6-19(17)11-20/h1-11,13,21H,12,14-15H2/t21-/m0/s1. The van der Waals surface area contributed by atoms with E-state index in [0.717, 1.165) is 16.7 Å². The number of nitro groups is 1. The average molecular weight is 401 g/mol. The molecule has 1 aliphatic heterocycles. The van der Waals surface area contributed by atoms with Gasteiger partial charge in [-0.05, 0) is 44.5 Å². The van der Waals surface area contributed by atoms with E-state index in [1.54, 1.807) is 4.57 Å². The van der Waals surface area contributed by atoms with E-state index in [2.05, 4.69) is 47.4 Å². The van der Waals surface area contributed by atoms with Crippen molar-refractivity contribution in [1.29, 1.82) is 0 Å². The Morgan fingerprint density at radius 1 is 1.07 bits per heavy atom. The highest BCUT2D eigenvalue weighted by atomic mass is 16.6. The molecule has 7 heteroatoms. The minimum atomic E-state index is -0.525. The first-order valence-electron chi connectivity index (χ1n) is 9.70. The van der Waals surface area contributed by atoms with Gasteiger partial charge in [-0.1, -0.05) is 54.6 Å². The third-order valence-corrected chi connectivity index (χ3v) is 5.21. The van der Waals surface area contributed by atoms with Gasteiger partial charge in [0.05, 0.1) is 13.2 Å². The molecule has 3 aromatic carbocycles. The van der Waals surface area contributed by atoms with Crippen molar-refractivity contribution >= 4 is 16.6 Å². The number of hydrogen-bond acceptors (Lipinski definition) is 5. The number of imidazole rings is 1. The van der Waals surface area contributed by atoms with Crippen molar-refractivity contribution in [3.8, 4) is 17.1 Å². The van der Waals surface area contributed by atoms with Crippen LogP contribution in [0.1, 0.15) is 5.56 Å². The van der Waals surface area contributed by atoms with Crippen LogP contribution in [0.15, 0.2) is 72.9 Å². The first kappa shape index (κ1) is 18.3. The Hall–Kier alpha value is -3.71. The van der Waals surface area contributed by atoms with Crippen LogP contribution in [0.4, 0.5) is 5.82 Å². The Labute approximate surface area is 172 Å². The molecule has 7 nitrogen and oxygen atoms in total. The molecular formula is C23H19N3O4. The molecule has 150 valence electrons. The van der Waals surface area contributed by atoms with Gasteiger partial charge in [0.1, 0.15) is 18.9 Å². The van der Waals surface area contributed by atoms with Gasteiger partial charge in [-0.25, -0.2) is 0 Å². The SMILES string of the molecule is O=[N+]([O-])c1cn2c(n1)OC[C@@H](OCc1cccc(-c3ccc4ccccc4c3)c1)C2. The average Bonchev–Trinajstić information content (AvgIpc) is 3.21. The molecule has 0 spiro atoms. The topological polar surface area (TPSA) is 79.4 Å². The molecule has 1 atom stereocenters. The second-order valence-corrected chi connectivity index (χ2v) is 7.30. The van der Waals surface area contributed by atoms with Crippen molar-refractivity contribution in [2.24, 2.45) is 0 Å². The van der Waals surface area contributed by atoms with Crippen molar-refractivity contribution in [3.05, 3.63) is 88.6 Å². The fourth-order valence-corrected chi connectivity index (χ4v) is 3.68. The van der Waals surface area contributed by atoms with Gasteiger partial charge >= 0.3 is 11.8 Å². The van der Waals surface area contributed by atoms with Gasteiger partial charge in [-0.2, -0.15) is 0 Å². The summed E-state index contributed by atoms with van der Waals surface area (Å²) < 4.78 is 13.1. The number of nitrogens with zero attached hydrogens (tertiary/aromatic N) is 3. The van der Waals surface area contributed by atoms with Crippen molar-refractivity contribution in [2.45, 2.75) is 19.3 Å². The highest BCUT2D eigenvalue weighted by molar-refractivity contribution is 5.87. The normalized spacial score (nSPS) is 15.5. The molecule has 0 amide bonds. The molecule has 0 aliphatic carbocycles. The number of benzene rings is 3. The van der Waals surface area contributed by atoms with Crippen LogP contribution < -0.4 is 4.74 Å². The Kier molecular flexibility index (Phi) is 4.65. The minimum Gasteiger partial charge on any atom is -0.443 e. The number of fused-ring (bicyclic) bond motifs is 2. The largest absolute Gasteiger partial charge is 0.443 e. The molecule has 30 heavy (non-hydrogen) atoms.